The van der Waals surface area contributed by atoms with Gasteiger partial charge in [0.25, 0.3) is 0 Å². The molecular formula is C15H18ClNO2. The third kappa shape index (κ3) is 3.60. The fraction of sp³-hybridized carbons (Fsp3) is 0.333. The quantitative estimate of drug-likeness (QED) is 0.883. The Morgan fingerprint density at radius 3 is 2.63 bits per heavy atom. The van der Waals surface area contributed by atoms with Gasteiger partial charge in [0.15, 0.2) is 0 Å². The zero-order valence-electron chi connectivity index (χ0n) is 11.1. The maximum Gasteiger partial charge on any atom is 0.136 e. The molecule has 2 rings (SSSR count). The molecule has 102 valence electrons. The molecule has 19 heavy (non-hydrogen) atoms. The molecule has 0 saturated heterocycles. The Labute approximate surface area is 118 Å². The van der Waals surface area contributed by atoms with Crippen molar-refractivity contribution in [2.75, 3.05) is 6.54 Å². The molecular weight excluding hydrogens is 262 g/mol. The van der Waals surface area contributed by atoms with Crippen molar-refractivity contribution in [1.82, 2.24) is 5.32 Å². The molecule has 1 unspecified atom stereocenters. The second-order valence-corrected chi connectivity index (χ2v) is 5.29. The van der Waals surface area contributed by atoms with Crippen molar-refractivity contribution in [2.45, 2.75) is 26.0 Å². The highest BCUT2D eigenvalue weighted by molar-refractivity contribution is 6.31. The average molecular weight is 280 g/mol. The molecule has 1 heterocycles. The summed E-state index contributed by atoms with van der Waals surface area (Å²) in [5, 5.41) is 14.3. The standard InChI is InChI=1S/C15H18ClNO2/c1-11-7-8-14(19-11)15(2,18)10-17-9-12-5-3-4-6-13(12)16/h3-8,17-18H,9-10H2,1-2H3. The number of hydrogen-bond donors (Lipinski definition) is 2. The number of rotatable bonds is 5. The SMILES string of the molecule is Cc1ccc(C(C)(O)CNCc2ccccc2Cl)o1. The average Bonchev–Trinajstić information content (AvgIpc) is 2.79. The van der Waals surface area contributed by atoms with Gasteiger partial charge in [0.1, 0.15) is 17.1 Å². The van der Waals surface area contributed by atoms with Crippen molar-refractivity contribution < 1.29 is 9.52 Å². The molecule has 0 radical (unpaired) electrons. The molecule has 0 aliphatic heterocycles. The molecule has 3 nitrogen and oxygen atoms in total. The minimum Gasteiger partial charge on any atom is -0.463 e. The molecule has 0 fully saturated rings. The summed E-state index contributed by atoms with van der Waals surface area (Å²) in [7, 11) is 0. The summed E-state index contributed by atoms with van der Waals surface area (Å²) in [6.07, 6.45) is 0. The first-order valence-electron chi connectivity index (χ1n) is 6.22. The number of hydrogen-bond acceptors (Lipinski definition) is 3. The Morgan fingerprint density at radius 1 is 1.26 bits per heavy atom. The highest BCUT2D eigenvalue weighted by Gasteiger charge is 2.26. The molecule has 0 aliphatic carbocycles. The Kier molecular flexibility index (Phi) is 4.30. The topological polar surface area (TPSA) is 45.4 Å². The molecule has 4 heteroatoms. The maximum atomic E-state index is 10.4. The highest BCUT2D eigenvalue weighted by Crippen LogP contribution is 2.22. The van der Waals surface area contributed by atoms with Crippen LogP contribution in [0.5, 0.6) is 0 Å². The van der Waals surface area contributed by atoms with E-state index in [1.807, 2.05) is 37.3 Å². The van der Waals surface area contributed by atoms with E-state index in [4.69, 9.17) is 16.0 Å². The van der Waals surface area contributed by atoms with E-state index in [2.05, 4.69) is 5.32 Å². The minimum absolute atomic E-state index is 0.394. The molecule has 1 atom stereocenters. The Morgan fingerprint density at radius 2 is 2.00 bits per heavy atom. The molecule has 2 aromatic rings. The molecule has 1 aromatic heterocycles. The normalized spacial score (nSPS) is 14.3. The number of aliphatic hydroxyl groups is 1. The number of benzene rings is 1. The molecule has 2 N–H and O–H groups in total. The molecule has 0 spiro atoms. The third-order valence-corrected chi connectivity index (χ3v) is 3.38. The lowest BCUT2D eigenvalue weighted by atomic mass is 10.0. The predicted molar refractivity (Wildman–Crippen MR) is 76.2 cm³/mol. The smallest absolute Gasteiger partial charge is 0.136 e. The van der Waals surface area contributed by atoms with Gasteiger partial charge in [0, 0.05) is 18.1 Å². The lowest BCUT2D eigenvalue weighted by Crippen LogP contribution is -2.34. The number of furan rings is 1. The van der Waals surface area contributed by atoms with E-state index in [1.54, 1.807) is 13.0 Å². The van der Waals surface area contributed by atoms with Gasteiger partial charge in [-0.25, -0.2) is 0 Å². The number of nitrogens with one attached hydrogen (secondary N) is 1. The van der Waals surface area contributed by atoms with Crippen LogP contribution in [-0.2, 0) is 12.1 Å². The van der Waals surface area contributed by atoms with Crippen LogP contribution in [0.25, 0.3) is 0 Å². The van der Waals surface area contributed by atoms with Gasteiger partial charge in [-0.3, -0.25) is 0 Å². The summed E-state index contributed by atoms with van der Waals surface area (Å²) in [5.74, 6) is 1.36. The van der Waals surface area contributed by atoms with Gasteiger partial charge < -0.3 is 14.8 Å². The van der Waals surface area contributed by atoms with Gasteiger partial charge in [-0.15, -0.1) is 0 Å². The van der Waals surface area contributed by atoms with Crippen molar-refractivity contribution in [2.24, 2.45) is 0 Å². The van der Waals surface area contributed by atoms with Crippen molar-refractivity contribution >= 4 is 11.6 Å². The number of halogens is 1. The van der Waals surface area contributed by atoms with Gasteiger partial charge in [-0.05, 0) is 37.6 Å². The fourth-order valence-electron chi connectivity index (χ4n) is 1.89. The zero-order valence-corrected chi connectivity index (χ0v) is 11.9. The predicted octanol–water partition coefficient (Wildman–Crippen LogP) is 3.24. The maximum absolute atomic E-state index is 10.4. The second-order valence-electron chi connectivity index (χ2n) is 4.88. The van der Waals surface area contributed by atoms with Crippen LogP contribution in [0.4, 0.5) is 0 Å². The van der Waals surface area contributed by atoms with E-state index >= 15 is 0 Å². The molecule has 0 amide bonds. The van der Waals surface area contributed by atoms with Crippen LogP contribution >= 0.6 is 11.6 Å². The van der Waals surface area contributed by atoms with Gasteiger partial charge in [-0.1, -0.05) is 29.8 Å². The van der Waals surface area contributed by atoms with Crippen LogP contribution in [0.1, 0.15) is 24.0 Å². The van der Waals surface area contributed by atoms with E-state index in [9.17, 15) is 5.11 Å². The van der Waals surface area contributed by atoms with Crippen LogP contribution in [0, 0.1) is 6.92 Å². The number of aryl methyl sites for hydroxylation is 1. The summed E-state index contributed by atoms with van der Waals surface area (Å²) in [4.78, 5) is 0. The zero-order chi connectivity index (χ0) is 13.9. The summed E-state index contributed by atoms with van der Waals surface area (Å²) < 4.78 is 5.46. The second kappa shape index (κ2) is 5.78. The van der Waals surface area contributed by atoms with E-state index in [0.717, 1.165) is 16.3 Å². The minimum atomic E-state index is -1.03. The summed E-state index contributed by atoms with van der Waals surface area (Å²) in [6, 6.07) is 11.3. The largest absolute Gasteiger partial charge is 0.463 e. The summed E-state index contributed by atoms with van der Waals surface area (Å²) >= 11 is 6.07. The lowest BCUT2D eigenvalue weighted by molar-refractivity contribution is 0.0333. The summed E-state index contributed by atoms with van der Waals surface area (Å²) in [5.41, 5.74) is -0.0224. The van der Waals surface area contributed by atoms with Crippen LogP contribution in [0.15, 0.2) is 40.8 Å². The van der Waals surface area contributed by atoms with Crippen LogP contribution < -0.4 is 5.32 Å². The van der Waals surface area contributed by atoms with E-state index in [-0.39, 0.29) is 0 Å². The highest BCUT2D eigenvalue weighted by atomic mass is 35.5. The molecule has 0 saturated carbocycles. The van der Waals surface area contributed by atoms with Crippen LogP contribution in [0.2, 0.25) is 5.02 Å². The first kappa shape index (κ1) is 14.1. The van der Waals surface area contributed by atoms with Crippen molar-refractivity contribution in [1.29, 1.82) is 0 Å². The van der Waals surface area contributed by atoms with E-state index in [1.165, 1.54) is 0 Å². The Hall–Kier alpha value is -1.29. The summed E-state index contributed by atoms with van der Waals surface area (Å²) in [6.45, 7) is 4.59. The molecule has 1 aromatic carbocycles. The van der Waals surface area contributed by atoms with Crippen molar-refractivity contribution in [3.8, 4) is 0 Å². The van der Waals surface area contributed by atoms with Crippen molar-refractivity contribution in [3.05, 3.63) is 58.5 Å². The van der Waals surface area contributed by atoms with E-state index in [0.29, 0.717) is 18.8 Å². The fourth-order valence-corrected chi connectivity index (χ4v) is 2.10. The monoisotopic (exact) mass is 279 g/mol. The Balaban J connectivity index is 1.94. The lowest BCUT2D eigenvalue weighted by Gasteiger charge is -2.21. The van der Waals surface area contributed by atoms with Crippen LogP contribution in [0.3, 0.4) is 0 Å². The first-order valence-corrected chi connectivity index (χ1v) is 6.60. The van der Waals surface area contributed by atoms with Crippen LogP contribution in [-0.4, -0.2) is 11.7 Å². The van der Waals surface area contributed by atoms with Gasteiger partial charge >= 0.3 is 0 Å². The molecule has 0 bridgehead atoms. The third-order valence-electron chi connectivity index (χ3n) is 3.01. The van der Waals surface area contributed by atoms with E-state index < -0.39 is 5.60 Å². The van der Waals surface area contributed by atoms with Gasteiger partial charge in [0.05, 0.1) is 0 Å². The molecule has 0 aliphatic rings. The van der Waals surface area contributed by atoms with Crippen molar-refractivity contribution in [3.63, 3.8) is 0 Å². The van der Waals surface area contributed by atoms with Gasteiger partial charge in [0.2, 0.25) is 0 Å². The first-order chi connectivity index (χ1) is 8.99. The Bertz CT molecular complexity index is 549. The van der Waals surface area contributed by atoms with Gasteiger partial charge in [-0.2, -0.15) is 0 Å².